The van der Waals surface area contributed by atoms with E-state index in [0.717, 1.165) is 12.8 Å². The van der Waals surface area contributed by atoms with Crippen LogP contribution in [-0.2, 0) is 4.79 Å². The van der Waals surface area contributed by atoms with E-state index in [0.29, 0.717) is 25.7 Å². The zero-order valence-corrected chi connectivity index (χ0v) is 10.4. The van der Waals surface area contributed by atoms with Crippen LogP contribution in [0.2, 0.25) is 0 Å². The lowest BCUT2D eigenvalue weighted by Crippen LogP contribution is -2.44. The molecular formula is C12H24N2O2. The van der Waals surface area contributed by atoms with Crippen molar-refractivity contribution < 1.29 is 9.90 Å². The largest absolute Gasteiger partial charge is 0.395 e. The van der Waals surface area contributed by atoms with E-state index in [1.165, 1.54) is 0 Å². The van der Waals surface area contributed by atoms with Crippen LogP contribution in [-0.4, -0.2) is 48.2 Å². The smallest absolute Gasteiger partial charge is 0.234 e. The Bertz CT molecular complexity index is 203. The Hall–Kier alpha value is -0.870. The molecule has 1 amide bonds. The fourth-order valence-corrected chi connectivity index (χ4v) is 1.75. The minimum Gasteiger partial charge on any atom is -0.395 e. The van der Waals surface area contributed by atoms with Gasteiger partial charge in [0, 0.05) is 19.1 Å². The lowest BCUT2D eigenvalue weighted by atomic mass is 10.1. The summed E-state index contributed by atoms with van der Waals surface area (Å²) in [7, 11) is 0. The van der Waals surface area contributed by atoms with Crippen LogP contribution in [0.5, 0.6) is 0 Å². The molecule has 0 rings (SSSR count). The van der Waals surface area contributed by atoms with E-state index in [2.05, 4.69) is 25.7 Å². The molecule has 0 fully saturated rings. The SMILES string of the molecule is C=CCNC(=O)CN(CCO)C(CC)CC. The maximum atomic E-state index is 11.5. The zero-order valence-electron chi connectivity index (χ0n) is 10.4. The minimum absolute atomic E-state index is 0.0137. The molecule has 0 aliphatic carbocycles. The van der Waals surface area contributed by atoms with Crippen LogP contribution in [0.3, 0.4) is 0 Å². The number of amides is 1. The minimum atomic E-state index is -0.0137. The molecule has 0 radical (unpaired) electrons. The Labute approximate surface area is 98.3 Å². The molecule has 4 heteroatoms. The third-order valence-electron chi connectivity index (χ3n) is 2.64. The van der Waals surface area contributed by atoms with Crippen molar-refractivity contribution in [3.8, 4) is 0 Å². The van der Waals surface area contributed by atoms with Gasteiger partial charge in [-0.1, -0.05) is 19.9 Å². The lowest BCUT2D eigenvalue weighted by molar-refractivity contribution is -0.122. The number of nitrogens with one attached hydrogen (secondary N) is 1. The molecule has 0 heterocycles. The first-order chi connectivity index (χ1) is 7.69. The summed E-state index contributed by atoms with van der Waals surface area (Å²) in [4.78, 5) is 13.6. The highest BCUT2D eigenvalue weighted by atomic mass is 16.3. The van der Waals surface area contributed by atoms with E-state index in [1.807, 2.05) is 4.90 Å². The van der Waals surface area contributed by atoms with E-state index >= 15 is 0 Å². The monoisotopic (exact) mass is 228 g/mol. The third kappa shape index (κ3) is 5.88. The van der Waals surface area contributed by atoms with E-state index in [-0.39, 0.29) is 12.5 Å². The summed E-state index contributed by atoms with van der Waals surface area (Å²) in [5, 5.41) is 11.7. The molecule has 0 saturated carbocycles. The molecule has 0 aromatic heterocycles. The van der Waals surface area contributed by atoms with Crippen molar-refractivity contribution in [1.82, 2.24) is 10.2 Å². The van der Waals surface area contributed by atoms with E-state index in [4.69, 9.17) is 5.11 Å². The molecule has 0 bridgehead atoms. The quantitative estimate of drug-likeness (QED) is 0.573. The van der Waals surface area contributed by atoms with E-state index in [9.17, 15) is 4.79 Å². The second-order valence-corrected chi connectivity index (χ2v) is 3.76. The Balaban J connectivity index is 4.19. The highest BCUT2D eigenvalue weighted by Crippen LogP contribution is 2.07. The molecule has 0 unspecified atom stereocenters. The van der Waals surface area contributed by atoms with E-state index < -0.39 is 0 Å². The summed E-state index contributed by atoms with van der Waals surface area (Å²) in [6.45, 7) is 9.22. The second kappa shape index (κ2) is 9.36. The summed E-state index contributed by atoms with van der Waals surface area (Å²) < 4.78 is 0. The summed E-state index contributed by atoms with van der Waals surface area (Å²) in [6, 6.07) is 0.363. The van der Waals surface area contributed by atoms with Gasteiger partial charge in [0.1, 0.15) is 0 Å². The van der Waals surface area contributed by atoms with Crippen molar-refractivity contribution >= 4 is 5.91 Å². The van der Waals surface area contributed by atoms with Crippen molar-refractivity contribution in [1.29, 1.82) is 0 Å². The topological polar surface area (TPSA) is 52.6 Å². The Morgan fingerprint density at radius 1 is 1.50 bits per heavy atom. The molecule has 0 atom stereocenters. The Kier molecular flexibility index (Phi) is 8.85. The van der Waals surface area contributed by atoms with Crippen molar-refractivity contribution in [2.45, 2.75) is 32.7 Å². The van der Waals surface area contributed by atoms with Gasteiger partial charge in [-0.05, 0) is 12.8 Å². The van der Waals surface area contributed by atoms with Gasteiger partial charge in [0.2, 0.25) is 5.91 Å². The number of aliphatic hydroxyl groups is 1. The first kappa shape index (κ1) is 15.1. The fraction of sp³-hybridized carbons (Fsp3) is 0.750. The van der Waals surface area contributed by atoms with Crippen molar-refractivity contribution in [3.63, 3.8) is 0 Å². The molecule has 4 nitrogen and oxygen atoms in total. The highest BCUT2D eigenvalue weighted by Gasteiger charge is 2.17. The third-order valence-corrected chi connectivity index (χ3v) is 2.64. The number of carbonyl (C=O) groups is 1. The van der Waals surface area contributed by atoms with Gasteiger partial charge in [0.05, 0.1) is 13.2 Å². The molecule has 94 valence electrons. The van der Waals surface area contributed by atoms with Crippen molar-refractivity contribution in [3.05, 3.63) is 12.7 Å². The normalized spacial score (nSPS) is 10.8. The average Bonchev–Trinajstić information content (AvgIpc) is 2.28. The van der Waals surface area contributed by atoms with Gasteiger partial charge in [-0.2, -0.15) is 0 Å². The number of carbonyl (C=O) groups excluding carboxylic acids is 1. The standard InChI is InChI=1S/C12H24N2O2/c1-4-7-13-12(16)10-14(8-9-15)11(5-2)6-3/h4,11,15H,1,5-10H2,2-3H3,(H,13,16). The molecule has 16 heavy (non-hydrogen) atoms. The van der Waals surface area contributed by atoms with Crippen LogP contribution < -0.4 is 5.32 Å². The molecule has 2 N–H and O–H groups in total. The number of rotatable bonds is 9. The van der Waals surface area contributed by atoms with Crippen LogP contribution >= 0.6 is 0 Å². The van der Waals surface area contributed by atoms with Gasteiger partial charge < -0.3 is 10.4 Å². The molecule has 0 aliphatic heterocycles. The molecule has 0 aromatic rings. The van der Waals surface area contributed by atoms with Gasteiger partial charge in [-0.3, -0.25) is 9.69 Å². The maximum Gasteiger partial charge on any atom is 0.234 e. The van der Waals surface area contributed by atoms with Crippen molar-refractivity contribution in [2.75, 3.05) is 26.2 Å². The van der Waals surface area contributed by atoms with Gasteiger partial charge in [0.15, 0.2) is 0 Å². The van der Waals surface area contributed by atoms with Crippen LogP contribution in [0.25, 0.3) is 0 Å². The second-order valence-electron chi connectivity index (χ2n) is 3.76. The Morgan fingerprint density at radius 2 is 2.12 bits per heavy atom. The number of hydrogen-bond acceptors (Lipinski definition) is 3. The van der Waals surface area contributed by atoms with Crippen LogP contribution in [0.1, 0.15) is 26.7 Å². The molecule has 0 aromatic carbocycles. The number of nitrogens with zero attached hydrogens (tertiary/aromatic N) is 1. The van der Waals surface area contributed by atoms with Gasteiger partial charge in [-0.25, -0.2) is 0 Å². The predicted molar refractivity (Wildman–Crippen MR) is 66.2 cm³/mol. The van der Waals surface area contributed by atoms with Crippen molar-refractivity contribution in [2.24, 2.45) is 0 Å². The first-order valence-electron chi connectivity index (χ1n) is 5.92. The van der Waals surface area contributed by atoms with Crippen LogP contribution in [0.4, 0.5) is 0 Å². The number of aliphatic hydroxyl groups excluding tert-OH is 1. The maximum absolute atomic E-state index is 11.5. The van der Waals surface area contributed by atoms with Crippen LogP contribution in [0, 0.1) is 0 Å². The first-order valence-corrected chi connectivity index (χ1v) is 5.92. The zero-order chi connectivity index (χ0) is 12.4. The van der Waals surface area contributed by atoms with Crippen LogP contribution in [0.15, 0.2) is 12.7 Å². The molecule has 0 saturated heterocycles. The predicted octanol–water partition coefficient (Wildman–Crippen LogP) is 0.771. The molecule has 0 aliphatic rings. The lowest BCUT2D eigenvalue weighted by Gasteiger charge is -2.28. The summed E-state index contributed by atoms with van der Waals surface area (Å²) >= 11 is 0. The summed E-state index contributed by atoms with van der Waals surface area (Å²) in [6.07, 6.45) is 3.64. The van der Waals surface area contributed by atoms with E-state index in [1.54, 1.807) is 6.08 Å². The fourth-order valence-electron chi connectivity index (χ4n) is 1.75. The summed E-state index contributed by atoms with van der Waals surface area (Å²) in [5.74, 6) is -0.0137. The Morgan fingerprint density at radius 3 is 2.56 bits per heavy atom. The number of hydrogen-bond donors (Lipinski definition) is 2. The van der Waals surface area contributed by atoms with Gasteiger partial charge >= 0.3 is 0 Å². The average molecular weight is 228 g/mol. The molecule has 0 spiro atoms. The van der Waals surface area contributed by atoms with Gasteiger partial charge in [-0.15, -0.1) is 6.58 Å². The summed E-state index contributed by atoms with van der Waals surface area (Å²) in [5.41, 5.74) is 0. The molecular weight excluding hydrogens is 204 g/mol. The van der Waals surface area contributed by atoms with Gasteiger partial charge in [0.25, 0.3) is 0 Å². The highest BCUT2D eigenvalue weighted by molar-refractivity contribution is 5.78.